The zero-order chi connectivity index (χ0) is 17.2. The molecule has 0 aliphatic heterocycles. The van der Waals surface area contributed by atoms with Crippen molar-refractivity contribution < 1.29 is 9.53 Å². The Balaban J connectivity index is 1.75. The van der Waals surface area contributed by atoms with Gasteiger partial charge in [0.25, 0.3) is 0 Å². The molecule has 0 aliphatic carbocycles. The van der Waals surface area contributed by atoms with Gasteiger partial charge >= 0.3 is 0 Å². The van der Waals surface area contributed by atoms with Crippen LogP contribution in [-0.2, 0) is 4.79 Å². The molecular weight excluding hydrogens is 344 g/mol. The Kier molecular flexibility index (Phi) is 7.21. The molecule has 1 amide bonds. The molecule has 1 N–H and O–H groups in total. The fraction of sp³-hybridized carbons (Fsp3) is 0.111. The molecule has 0 atom stereocenters. The third kappa shape index (κ3) is 6.37. The maximum absolute atomic E-state index is 11.7. The van der Waals surface area contributed by atoms with Gasteiger partial charge in [0, 0.05) is 9.92 Å². The fourth-order valence-electron chi connectivity index (χ4n) is 1.67. The first-order valence-electron chi connectivity index (χ1n) is 7.04. The van der Waals surface area contributed by atoms with Crippen LogP contribution >= 0.6 is 23.4 Å². The summed E-state index contributed by atoms with van der Waals surface area (Å²) in [5.74, 6) is 3.18. The summed E-state index contributed by atoms with van der Waals surface area (Å²) in [5, 5.41) is 4.60. The first-order valence-corrected chi connectivity index (χ1v) is 8.40. The number of terminal acetylenes is 1. The third-order valence-electron chi connectivity index (χ3n) is 2.79. The molecule has 0 spiro atoms. The SMILES string of the molecule is C#CCOc1ccc(/C=N\NC(=O)CSc2ccc(Cl)cc2)cc1. The van der Waals surface area contributed by atoms with Gasteiger partial charge in [-0.05, 0) is 54.1 Å². The lowest BCUT2D eigenvalue weighted by Crippen LogP contribution is -2.19. The lowest BCUT2D eigenvalue weighted by atomic mass is 10.2. The number of nitrogens with one attached hydrogen (secondary N) is 1. The second-order valence-electron chi connectivity index (χ2n) is 4.60. The number of rotatable bonds is 7. The number of hydrazone groups is 1. The molecule has 122 valence electrons. The predicted octanol–water partition coefficient (Wildman–Crippen LogP) is 3.59. The Morgan fingerprint density at radius 3 is 2.62 bits per heavy atom. The van der Waals surface area contributed by atoms with Gasteiger partial charge in [-0.3, -0.25) is 4.79 Å². The summed E-state index contributed by atoms with van der Waals surface area (Å²) in [6.45, 7) is 0.231. The molecule has 2 rings (SSSR count). The monoisotopic (exact) mass is 358 g/mol. The van der Waals surface area contributed by atoms with E-state index in [4.69, 9.17) is 22.8 Å². The highest BCUT2D eigenvalue weighted by Gasteiger charge is 2.01. The van der Waals surface area contributed by atoms with Crippen LogP contribution in [0.1, 0.15) is 5.56 Å². The van der Waals surface area contributed by atoms with Gasteiger partial charge in [-0.2, -0.15) is 5.10 Å². The summed E-state index contributed by atoms with van der Waals surface area (Å²) in [7, 11) is 0. The molecule has 0 aromatic heterocycles. The Labute approximate surface area is 150 Å². The van der Waals surface area contributed by atoms with Gasteiger partial charge in [-0.25, -0.2) is 5.43 Å². The number of carbonyl (C=O) groups is 1. The van der Waals surface area contributed by atoms with Gasteiger partial charge in [0.2, 0.25) is 5.91 Å². The topological polar surface area (TPSA) is 50.7 Å². The quantitative estimate of drug-likeness (QED) is 0.356. The van der Waals surface area contributed by atoms with Crippen molar-refractivity contribution in [3.8, 4) is 18.1 Å². The van der Waals surface area contributed by atoms with E-state index in [1.54, 1.807) is 30.5 Å². The molecular formula is C18H15ClN2O2S. The third-order valence-corrected chi connectivity index (χ3v) is 4.05. The number of halogens is 1. The Morgan fingerprint density at radius 2 is 1.96 bits per heavy atom. The summed E-state index contributed by atoms with van der Waals surface area (Å²) in [6, 6.07) is 14.5. The summed E-state index contributed by atoms with van der Waals surface area (Å²) >= 11 is 7.23. The Bertz CT molecular complexity index is 737. The molecule has 0 heterocycles. The van der Waals surface area contributed by atoms with Crippen LogP contribution in [0.2, 0.25) is 5.02 Å². The van der Waals surface area contributed by atoms with Crippen LogP contribution in [0.5, 0.6) is 5.75 Å². The van der Waals surface area contributed by atoms with Crippen molar-refractivity contribution in [3.63, 3.8) is 0 Å². The van der Waals surface area contributed by atoms with Crippen molar-refractivity contribution in [2.45, 2.75) is 4.90 Å². The standard InChI is InChI=1S/C18H15ClN2O2S/c1-2-11-23-16-7-3-14(4-8-16)12-20-21-18(22)13-24-17-9-5-15(19)6-10-17/h1,3-10,12H,11,13H2,(H,21,22)/b20-12-. The van der Waals surface area contributed by atoms with Gasteiger partial charge < -0.3 is 4.74 Å². The van der Waals surface area contributed by atoms with Gasteiger partial charge in [0.1, 0.15) is 12.4 Å². The fourth-order valence-corrected chi connectivity index (χ4v) is 2.48. The lowest BCUT2D eigenvalue weighted by Gasteiger charge is -2.02. The molecule has 0 bridgehead atoms. The van der Waals surface area contributed by atoms with E-state index in [0.29, 0.717) is 10.8 Å². The van der Waals surface area contributed by atoms with Gasteiger partial charge in [-0.1, -0.05) is 17.5 Å². The first kappa shape index (κ1) is 17.9. The Hall–Kier alpha value is -2.42. The number of ether oxygens (including phenoxy) is 1. The molecule has 0 radical (unpaired) electrons. The van der Waals surface area contributed by atoms with Crippen LogP contribution in [0.25, 0.3) is 0 Å². The van der Waals surface area contributed by atoms with Gasteiger partial charge in [0.05, 0.1) is 12.0 Å². The lowest BCUT2D eigenvalue weighted by molar-refractivity contribution is -0.118. The van der Waals surface area contributed by atoms with Crippen LogP contribution < -0.4 is 10.2 Å². The summed E-state index contributed by atoms with van der Waals surface area (Å²) in [5.41, 5.74) is 3.33. The maximum atomic E-state index is 11.7. The number of benzene rings is 2. The van der Waals surface area contributed by atoms with Crippen molar-refractivity contribution >= 4 is 35.5 Å². The highest BCUT2D eigenvalue weighted by atomic mass is 35.5. The molecule has 24 heavy (non-hydrogen) atoms. The van der Waals surface area contributed by atoms with Crippen molar-refractivity contribution in [2.24, 2.45) is 5.10 Å². The number of nitrogens with zero attached hydrogens (tertiary/aromatic N) is 1. The second kappa shape index (κ2) is 9.66. The molecule has 0 aliphatic rings. The largest absolute Gasteiger partial charge is 0.481 e. The highest BCUT2D eigenvalue weighted by molar-refractivity contribution is 8.00. The van der Waals surface area contributed by atoms with Crippen LogP contribution in [0, 0.1) is 12.3 Å². The molecule has 2 aromatic carbocycles. The zero-order valence-corrected chi connectivity index (χ0v) is 14.3. The molecule has 0 fully saturated rings. The number of hydrogen-bond acceptors (Lipinski definition) is 4. The van der Waals surface area contributed by atoms with Crippen LogP contribution in [0.15, 0.2) is 58.5 Å². The molecule has 0 saturated heterocycles. The van der Waals surface area contributed by atoms with Crippen molar-refractivity contribution in [3.05, 3.63) is 59.1 Å². The smallest absolute Gasteiger partial charge is 0.250 e. The van der Waals surface area contributed by atoms with E-state index in [0.717, 1.165) is 10.5 Å². The summed E-state index contributed by atoms with van der Waals surface area (Å²) < 4.78 is 5.27. The van der Waals surface area contributed by atoms with E-state index in [9.17, 15) is 4.79 Å². The van der Waals surface area contributed by atoms with E-state index >= 15 is 0 Å². The van der Waals surface area contributed by atoms with Gasteiger partial charge in [-0.15, -0.1) is 18.2 Å². The zero-order valence-electron chi connectivity index (χ0n) is 12.7. The van der Waals surface area contributed by atoms with E-state index < -0.39 is 0 Å². The van der Waals surface area contributed by atoms with E-state index in [2.05, 4.69) is 16.4 Å². The van der Waals surface area contributed by atoms with Crippen molar-refractivity contribution in [1.82, 2.24) is 5.43 Å². The minimum atomic E-state index is -0.180. The van der Waals surface area contributed by atoms with E-state index in [1.165, 1.54) is 11.8 Å². The van der Waals surface area contributed by atoms with Crippen LogP contribution in [-0.4, -0.2) is 24.5 Å². The number of carbonyl (C=O) groups excluding carboxylic acids is 1. The molecule has 4 nitrogen and oxygen atoms in total. The summed E-state index contributed by atoms with van der Waals surface area (Å²) in [6.07, 6.45) is 6.69. The molecule has 6 heteroatoms. The molecule has 0 saturated carbocycles. The minimum absolute atomic E-state index is 0.180. The maximum Gasteiger partial charge on any atom is 0.250 e. The number of hydrogen-bond donors (Lipinski definition) is 1. The molecule has 2 aromatic rings. The normalized spacial score (nSPS) is 10.3. The minimum Gasteiger partial charge on any atom is -0.481 e. The summed E-state index contributed by atoms with van der Waals surface area (Å²) in [4.78, 5) is 12.7. The predicted molar refractivity (Wildman–Crippen MR) is 98.7 cm³/mol. The van der Waals surface area contributed by atoms with Crippen LogP contribution in [0.3, 0.4) is 0 Å². The van der Waals surface area contributed by atoms with Crippen molar-refractivity contribution in [1.29, 1.82) is 0 Å². The number of amides is 1. The average molecular weight is 359 g/mol. The molecule has 0 unspecified atom stereocenters. The van der Waals surface area contributed by atoms with E-state index in [-0.39, 0.29) is 18.3 Å². The highest BCUT2D eigenvalue weighted by Crippen LogP contribution is 2.19. The first-order chi connectivity index (χ1) is 11.7. The van der Waals surface area contributed by atoms with Crippen LogP contribution in [0.4, 0.5) is 0 Å². The van der Waals surface area contributed by atoms with Crippen molar-refractivity contribution in [2.75, 3.05) is 12.4 Å². The van der Waals surface area contributed by atoms with Gasteiger partial charge in [0.15, 0.2) is 0 Å². The average Bonchev–Trinajstić information content (AvgIpc) is 2.60. The van der Waals surface area contributed by atoms with E-state index in [1.807, 2.05) is 24.3 Å². The number of thioether (sulfide) groups is 1. The second-order valence-corrected chi connectivity index (χ2v) is 6.08. The Morgan fingerprint density at radius 1 is 1.25 bits per heavy atom.